The van der Waals surface area contributed by atoms with Crippen LogP contribution in [-0.4, -0.2) is 16.9 Å². The zero-order valence-corrected chi connectivity index (χ0v) is 10.8. The topological polar surface area (TPSA) is 53.1 Å². The van der Waals surface area contributed by atoms with Gasteiger partial charge in [0.1, 0.15) is 17.3 Å². The summed E-state index contributed by atoms with van der Waals surface area (Å²) in [6.07, 6.45) is 2.40. The summed E-state index contributed by atoms with van der Waals surface area (Å²) in [5.41, 5.74) is 7.84. The van der Waals surface area contributed by atoms with E-state index in [0.29, 0.717) is 22.5 Å². The molecule has 18 heavy (non-hydrogen) atoms. The van der Waals surface area contributed by atoms with E-state index in [4.69, 9.17) is 22.1 Å². The van der Waals surface area contributed by atoms with Gasteiger partial charge in [0.25, 0.3) is 0 Å². The van der Waals surface area contributed by atoms with Crippen LogP contribution in [0, 0.1) is 0 Å². The molecular formula is C13H14ClN3O. The van der Waals surface area contributed by atoms with Gasteiger partial charge in [-0.25, -0.2) is 4.68 Å². The first-order chi connectivity index (χ1) is 8.69. The largest absolute Gasteiger partial charge is 0.494 e. The Morgan fingerprint density at radius 3 is 2.83 bits per heavy atom. The van der Waals surface area contributed by atoms with Gasteiger partial charge in [-0.3, -0.25) is 0 Å². The fraction of sp³-hybridized carbons (Fsp3) is 0.308. The zero-order chi connectivity index (χ0) is 12.7. The molecule has 94 valence electrons. The molecule has 1 aromatic carbocycles. The van der Waals surface area contributed by atoms with Gasteiger partial charge < -0.3 is 10.5 Å². The van der Waals surface area contributed by atoms with Crippen molar-refractivity contribution < 1.29 is 4.74 Å². The quantitative estimate of drug-likeness (QED) is 0.926. The third-order valence-electron chi connectivity index (χ3n) is 3.12. The number of ether oxygens (including phenoxy) is 1. The molecule has 0 bridgehead atoms. The van der Waals surface area contributed by atoms with E-state index >= 15 is 0 Å². The van der Waals surface area contributed by atoms with E-state index in [2.05, 4.69) is 5.10 Å². The highest BCUT2D eigenvalue weighted by molar-refractivity contribution is 6.30. The van der Waals surface area contributed by atoms with Crippen LogP contribution < -0.4 is 10.5 Å². The van der Waals surface area contributed by atoms with Crippen LogP contribution in [0.1, 0.15) is 24.5 Å². The smallest absolute Gasteiger partial charge is 0.144 e. The van der Waals surface area contributed by atoms with Gasteiger partial charge in [0.05, 0.1) is 12.8 Å². The molecule has 0 aliphatic heterocycles. The number of halogens is 1. The number of benzene rings is 1. The Labute approximate surface area is 110 Å². The van der Waals surface area contributed by atoms with Gasteiger partial charge in [0, 0.05) is 17.0 Å². The van der Waals surface area contributed by atoms with Gasteiger partial charge in [-0.1, -0.05) is 11.6 Å². The molecule has 1 aromatic heterocycles. The summed E-state index contributed by atoms with van der Waals surface area (Å²) in [5, 5.41) is 5.18. The SMILES string of the molecule is COc1ccc(Cl)cc1-n1nc(C2CC2)cc1N. The number of anilines is 1. The van der Waals surface area contributed by atoms with Crippen molar-refractivity contribution in [1.29, 1.82) is 0 Å². The summed E-state index contributed by atoms with van der Waals surface area (Å²) in [6.45, 7) is 0. The Kier molecular flexibility index (Phi) is 2.67. The highest BCUT2D eigenvalue weighted by atomic mass is 35.5. The Hall–Kier alpha value is -1.68. The minimum atomic E-state index is 0.568. The van der Waals surface area contributed by atoms with Crippen LogP contribution in [0.25, 0.3) is 5.69 Å². The average molecular weight is 264 g/mol. The lowest BCUT2D eigenvalue weighted by molar-refractivity contribution is 0.412. The van der Waals surface area contributed by atoms with E-state index in [9.17, 15) is 0 Å². The lowest BCUT2D eigenvalue weighted by Gasteiger charge is -2.10. The minimum Gasteiger partial charge on any atom is -0.494 e. The van der Waals surface area contributed by atoms with Crippen LogP contribution in [0.2, 0.25) is 5.02 Å². The van der Waals surface area contributed by atoms with Gasteiger partial charge in [0.15, 0.2) is 0 Å². The second-order valence-corrected chi connectivity index (χ2v) is 4.93. The monoisotopic (exact) mass is 263 g/mol. The Bertz CT molecular complexity index is 590. The maximum absolute atomic E-state index is 6.02. The summed E-state index contributed by atoms with van der Waals surface area (Å²) >= 11 is 6.02. The van der Waals surface area contributed by atoms with E-state index in [-0.39, 0.29) is 0 Å². The third kappa shape index (κ3) is 1.93. The first-order valence-electron chi connectivity index (χ1n) is 5.88. The lowest BCUT2D eigenvalue weighted by Crippen LogP contribution is -2.04. The summed E-state index contributed by atoms with van der Waals surface area (Å²) < 4.78 is 7.01. The zero-order valence-electron chi connectivity index (χ0n) is 10.1. The molecule has 1 saturated carbocycles. The Morgan fingerprint density at radius 1 is 1.39 bits per heavy atom. The summed E-state index contributed by atoms with van der Waals surface area (Å²) in [7, 11) is 1.62. The van der Waals surface area contributed by atoms with Gasteiger partial charge >= 0.3 is 0 Å². The normalized spacial score (nSPS) is 14.8. The summed E-state index contributed by atoms with van der Waals surface area (Å²) in [4.78, 5) is 0. The molecule has 4 nitrogen and oxygen atoms in total. The first-order valence-corrected chi connectivity index (χ1v) is 6.26. The minimum absolute atomic E-state index is 0.568. The summed E-state index contributed by atoms with van der Waals surface area (Å²) in [5.74, 6) is 1.88. The van der Waals surface area contributed by atoms with Crippen LogP contribution in [0.3, 0.4) is 0 Å². The Balaban J connectivity index is 2.10. The number of methoxy groups -OCH3 is 1. The maximum Gasteiger partial charge on any atom is 0.144 e. The van der Waals surface area contributed by atoms with E-state index in [1.165, 1.54) is 12.8 Å². The third-order valence-corrected chi connectivity index (χ3v) is 3.36. The van der Waals surface area contributed by atoms with Crippen LogP contribution >= 0.6 is 11.6 Å². The molecule has 1 heterocycles. The fourth-order valence-corrected chi connectivity index (χ4v) is 2.18. The predicted octanol–water partition coefficient (Wildman–Crippen LogP) is 2.99. The van der Waals surface area contributed by atoms with Crippen molar-refractivity contribution in [3.05, 3.63) is 35.0 Å². The van der Waals surface area contributed by atoms with Crippen LogP contribution in [0.15, 0.2) is 24.3 Å². The van der Waals surface area contributed by atoms with Crippen molar-refractivity contribution in [2.45, 2.75) is 18.8 Å². The number of hydrogen-bond acceptors (Lipinski definition) is 3. The Morgan fingerprint density at radius 2 is 2.17 bits per heavy atom. The van der Waals surface area contributed by atoms with Crippen molar-refractivity contribution in [2.75, 3.05) is 12.8 Å². The molecule has 3 rings (SSSR count). The lowest BCUT2D eigenvalue weighted by atomic mass is 10.3. The second-order valence-electron chi connectivity index (χ2n) is 4.50. The number of rotatable bonds is 3. The standard InChI is InChI=1S/C13H14ClN3O/c1-18-12-5-4-9(14)6-11(12)17-13(15)7-10(16-17)8-2-3-8/h4-8H,2-3,15H2,1H3. The van der Waals surface area contributed by atoms with Crippen molar-refractivity contribution in [1.82, 2.24) is 9.78 Å². The van der Waals surface area contributed by atoms with Crippen LogP contribution in [0.5, 0.6) is 5.75 Å². The number of aromatic nitrogens is 2. The van der Waals surface area contributed by atoms with Gasteiger partial charge in [0.2, 0.25) is 0 Å². The van der Waals surface area contributed by atoms with Gasteiger partial charge in [-0.15, -0.1) is 0 Å². The van der Waals surface area contributed by atoms with Crippen LogP contribution in [-0.2, 0) is 0 Å². The van der Waals surface area contributed by atoms with Crippen molar-refractivity contribution >= 4 is 17.4 Å². The van der Waals surface area contributed by atoms with E-state index in [1.807, 2.05) is 12.1 Å². The second kappa shape index (κ2) is 4.21. The van der Waals surface area contributed by atoms with Gasteiger partial charge in [-0.2, -0.15) is 5.10 Å². The van der Waals surface area contributed by atoms with Crippen molar-refractivity contribution in [3.8, 4) is 11.4 Å². The molecule has 0 radical (unpaired) electrons. The highest BCUT2D eigenvalue weighted by Crippen LogP contribution is 2.40. The molecule has 0 saturated heterocycles. The molecule has 0 unspecified atom stereocenters. The summed E-state index contributed by atoms with van der Waals surface area (Å²) in [6, 6.07) is 7.33. The van der Waals surface area contributed by atoms with Crippen molar-refractivity contribution in [3.63, 3.8) is 0 Å². The molecule has 1 aliphatic carbocycles. The predicted molar refractivity (Wildman–Crippen MR) is 71.5 cm³/mol. The molecule has 2 N–H and O–H groups in total. The number of hydrogen-bond donors (Lipinski definition) is 1. The number of nitrogens with zero attached hydrogens (tertiary/aromatic N) is 2. The number of nitrogen functional groups attached to an aromatic ring is 1. The molecule has 1 fully saturated rings. The van der Waals surface area contributed by atoms with E-state index in [0.717, 1.165) is 11.4 Å². The maximum atomic E-state index is 6.02. The molecule has 0 spiro atoms. The molecule has 2 aromatic rings. The van der Waals surface area contributed by atoms with E-state index < -0.39 is 0 Å². The van der Waals surface area contributed by atoms with Gasteiger partial charge in [-0.05, 0) is 31.0 Å². The molecule has 1 aliphatic rings. The highest BCUT2D eigenvalue weighted by Gasteiger charge is 2.27. The van der Waals surface area contributed by atoms with Crippen LogP contribution in [0.4, 0.5) is 5.82 Å². The molecule has 0 atom stereocenters. The van der Waals surface area contributed by atoms with Crippen molar-refractivity contribution in [2.24, 2.45) is 0 Å². The fourth-order valence-electron chi connectivity index (χ4n) is 2.01. The molecule has 5 heteroatoms. The molecule has 0 amide bonds. The number of nitrogens with two attached hydrogens (primary N) is 1. The average Bonchev–Trinajstić information content (AvgIpc) is 3.13. The molecular weight excluding hydrogens is 250 g/mol. The van der Waals surface area contributed by atoms with E-state index in [1.54, 1.807) is 23.9 Å². The first kappa shape index (κ1) is 11.4.